The first-order valence-corrected chi connectivity index (χ1v) is 7.07. The molecule has 1 rings (SSSR count). The number of carbonyl (C=O) groups is 2. The van der Waals surface area contributed by atoms with Gasteiger partial charge in [-0.3, -0.25) is 4.79 Å². The van der Waals surface area contributed by atoms with E-state index in [-0.39, 0.29) is 23.4 Å². The molecule has 0 aliphatic heterocycles. The molecule has 0 aromatic carbocycles. The molecule has 0 saturated carbocycles. The third-order valence-electron chi connectivity index (χ3n) is 2.54. The van der Waals surface area contributed by atoms with Crippen molar-refractivity contribution in [3.8, 4) is 0 Å². The van der Waals surface area contributed by atoms with E-state index in [1.165, 1.54) is 11.6 Å². The Bertz CT molecular complexity index is 638. The highest BCUT2D eigenvalue weighted by molar-refractivity contribution is 9.10. The number of nitro groups is 1. The van der Waals surface area contributed by atoms with E-state index < -0.39 is 16.8 Å². The van der Waals surface area contributed by atoms with Gasteiger partial charge < -0.3 is 20.2 Å². The number of esters is 1. The molecule has 22 heavy (non-hydrogen) atoms. The normalized spacial score (nSPS) is 11.2. The van der Waals surface area contributed by atoms with Gasteiger partial charge in [-0.2, -0.15) is 4.68 Å². The van der Waals surface area contributed by atoms with Gasteiger partial charge in [0, 0.05) is 11.8 Å². The van der Waals surface area contributed by atoms with Crippen LogP contribution in [-0.2, 0) is 20.9 Å². The minimum absolute atomic E-state index is 0.216. The summed E-state index contributed by atoms with van der Waals surface area (Å²) in [5.41, 5.74) is 0.760. The molecule has 0 atom stereocenters. The van der Waals surface area contributed by atoms with E-state index in [1.807, 2.05) is 0 Å². The lowest BCUT2D eigenvalue weighted by atomic mass is 10.4. The van der Waals surface area contributed by atoms with Crippen LogP contribution < -0.4 is 5.32 Å². The Labute approximate surface area is 134 Å². The number of nitrogens with one attached hydrogen (secondary N) is 1. The zero-order valence-corrected chi connectivity index (χ0v) is 13.8. The van der Waals surface area contributed by atoms with E-state index in [0.717, 1.165) is 6.08 Å². The Morgan fingerprint density at radius 2 is 2.18 bits per heavy atom. The number of amides is 1. The van der Waals surface area contributed by atoms with Crippen molar-refractivity contribution in [1.29, 1.82) is 0 Å². The highest BCUT2D eigenvalue weighted by atomic mass is 79.9. The highest BCUT2D eigenvalue weighted by Gasteiger charge is 2.24. The van der Waals surface area contributed by atoms with Crippen LogP contribution in [0, 0.1) is 17.0 Å². The number of carbonyl (C=O) groups excluding carboxylic acids is 2. The van der Waals surface area contributed by atoms with Gasteiger partial charge in [0.2, 0.25) is 5.91 Å². The summed E-state index contributed by atoms with van der Waals surface area (Å²) in [6, 6.07) is 0. The van der Waals surface area contributed by atoms with Crippen LogP contribution in [-0.4, -0.2) is 33.2 Å². The maximum Gasteiger partial charge on any atom is 0.404 e. The van der Waals surface area contributed by atoms with E-state index in [4.69, 9.17) is 4.74 Å². The standard InChI is InChI=1S/C12H15BrN4O5/c1-4-22-10(19)5-7(2)14-9(18)6-16-8(3)11(13)12(15-16)17(20)21/h5H,4,6H2,1-3H3,(H,14,18)/b7-5+. The first kappa shape index (κ1) is 17.8. The van der Waals surface area contributed by atoms with Crippen LogP contribution in [0.2, 0.25) is 0 Å². The van der Waals surface area contributed by atoms with Crippen molar-refractivity contribution in [1.82, 2.24) is 15.1 Å². The predicted octanol–water partition coefficient (Wildman–Crippen LogP) is 1.45. The molecule has 0 spiro atoms. The average Bonchev–Trinajstić information content (AvgIpc) is 2.67. The summed E-state index contributed by atoms with van der Waals surface area (Å²) in [5.74, 6) is -1.39. The molecule has 0 bridgehead atoms. The molecule has 9 nitrogen and oxygen atoms in total. The van der Waals surface area contributed by atoms with Crippen molar-refractivity contribution < 1.29 is 19.2 Å². The van der Waals surface area contributed by atoms with Gasteiger partial charge in [0.1, 0.15) is 11.0 Å². The van der Waals surface area contributed by atoms with Crippen LogP contribution in [0.5, 0.6) is 0 Å². The van der Waals surface area contributed by atoms with Crippen LogP contribution in [0.25, 0.3) is 0 Å². The first-order valence-electron chi connectivity index (χ1n) is 6.28. The highest BCUT2D eigenvalue weighted by Crippen LogP contribution is 2.26. The average molecular weight is 375 g/mol. The number of allylic oxidation sites excluding steroid dienone is 1. The lowest BCUT2D eigenvalue weighted by Gasteiger charge is -2.05. The fraction of sp³-hybridized carbons (Fsp3) is 0.417. The molecule has 0 unspecified atom stereocenters. The van der Waals surface area contributed by atoms with Gasteiger partial charge >= 0.3 is 11.8 Å². The molecule has 1 aromatic rings. The van der Waals surface area contributed by atoms with Crippen molar-refractivity contribution in [2.45, 2.75) is 27.3 Å². The van der Waals surface area contributed by atoms with E-state index in [9.17, 15) is 19.7 Å². The smallest absolute Gasteiger partial charge is 0.404 e. The zero-order chi connectivity index (χ0) is 16.9. The number of hydrogen-bond donors (Lipinski definition) is 1. The third kappa shape index (κ3) is 4.65. The van der Waals surface area contributed by atoms with E-state index in [2.05, 4.69) is 26.3 Å². The second-order valence-corrected chi connectivity index (χ2v) is 5.06. The topological polar surface area (TPSA) is 116 Å². The second-order valence-electron chi connectivity index (χ2n) is 4.27. The lowest BCUT2D eigenvalue weighted by Crippen LogP contribution is -2.27. The fourth-order valence-electron chi connectivity index (χ4n) is 1.57. The van der Waals surface area contributed by atoms with E-state index in [0.29, 0.717) is 11.4 Å². The van der Waals surface area contributed by atoms with Crippen molar-refractivity contribution in [2.24, 2.45) is 0 Å². The van der Waals surface area contributed by atoms with Crippen molar-refractivity contribution in [3.63, 3.8) is 0 Å². The molecule has 0 fully saturated rings. The van der Waals surface area contributed by atoms with Gasteiger partial charge in [-0.05, 0) is 41.6 Å². The summed E-state index contributed by atoms with van der Waals surface area (Å²) >= 11 is 3.06. The Kier molecular flexibility index (Phi) is 6.23. The van der Waals surface area contributed by atoms with E-state index >= 15 is 0 Å². The SMILES string of the molecule is CCOC(=O)/C=C(\C)NC(=O)Cn1nc([N+](=O)[O-])c(Br)c1C. The fourth-order valence-corrected chi connectivity index (χ4v) is 2.00. The molecule has 0 saturated heterocycles. The number of ether oxygens (including phenoxy) is 1. The van der Waals surface area contributed by atoms with Crippen LogP contribution in [0.15, 0.2) is 16.2 Å². The van der Waals surface area contributed by atoms with Crippen molar-refractivity contribution in [2.75, 3.05) is 6.61 Å². The maximum absolute atomic E-state index is 11.9. The Morgan fingerprint density at radius 1 is 1.55 bits per heavy atom. The zero-order valence-electron chi connectivity index (χ0n) is 12.3. The third-order valence-corrected chi connectivity index (χ3v) is 3.47. The largest absolute Gasteiger partial charge is 0.463 e. The Hall–Kier alpha value is -2.23. The number of aromatic nitrogens is 2. The minimum Gasteiger partial charge on any atom is -0.463 e. The number of hydrogen-bond acceptors (Lipinski definition) is 6. The van der Waals surface area contributed by atoms with Gasteiger partial charge in [0.15, 0.2) is 0 Å². The molecule has 1 amide bonds. The molecule has 0 aliphatic carbocycles. The van der Waals surface area contributed by atoms with Gasteiger partial charge in [0.05, 0.1) is 17.4 Å². The summed E-state index contributed by atoms with van der Waals surface area (Å²) in [7, 11) is 0. The lowest BCUT2D eigenvalue weighted by molar-refractivity contribution is -0.390. The quantitative estimate of drug-likeness (QED) is 0.348. The number of nitrogens with zero attached hydrogens (tertiary/aromatic N) is 3. The van der Waals surface area contributed by atoms with Crippen molar-refractivity contribution >= 4 is 33.6 Å². The van der Waals surface area contributed by atoms with E-state index in [1.54, 1.807) is 13.8 Å². The van der Waals surface area contributed by atoms with Gasteiger partial charge in [0.25, 0.3) is 0 Å². The molecular weight excluding hydrogens is 360 g/mol. The summed E-state index contributed by atoms with van der Waals surface area (Å²) in [4.78, 5) is 33.2. The molecule has 10 heteroatoms. The Balaban J connectivity index is 2.76. The summed E-state index contributed by atoms with van der Waals surface area (Å²) < 4.78 is 6.14. The molecule has 120 valence electrons. The first-order chi connectivity index (χ1) is 10.3. The summed E-state index contributed by atoms with van der Waals surface area (Å²) in [6.07, 6.45) is 1.15. The van der Waals surface area contributed by atoms with Gasteiger partial charge in [-0.25, -0.2) is 4.79 Å². The monoisotopic (exact) mass is 374 g/mol. The molecule has 1 heterocycles. The Morgan fingerprint density at radius 3 is 2.68 bits per heavy atom. The van der Waals surface area contributed by atoms with Crippen molar-refractivity contribution in [3.05, 3.63) is 32.1 Å². The molecular formula is C12H15BrN4O5. The molecule has 0 aliphatic rings. The van der Waals surface area contributed by atoms with Crippen LogP contribution in [0.4, 0.5) is 5.82 Å². The second kappa shape index (κ2) is 7.69. The molecule has 1 aromatic heterocycles. The molecule has 0 radical (unpaired) electrons. The molecule has 1 N–H and O–H groups in total. The predicted molar refractivity (Wildman–Crippen MR) is 79.9 cm³/mol. The van der Waals surface area contributed by atoms with Crippen LogP contribution in [0.3, 0.4) is 0 Å². The van der Waals surface area contributed by atoms with Gasteiger partial charge in [-0.1, -0.05) is 0 Å². The minimum atomic E-state index is -0.641. The summed E-state index contributed by atoms with van der Waals surface area (Å²) in [6.45, 7) is 4.82. The van der Waals surface area contributed by atoms with Gasteiger partial charge in [-0.15, -0.1) is 0 Å². The summed E-state index contributed by atoms with van der Waals surface area (Å²) in [5, 5.41) is 17.0. The number of rotatable bonds is 6. The van der Waals surface area contributed by atoms with Crippen LogP contribution in [0.1, 0.15) is 19.5 Å². The number of halogens is 1. The van der Waals surface area contributed by atoms with Crippen LogP contribution >= 0.6 is 15.9 Å². The maximum atomic E-state index is 11.9.